The highest BCUT2D eigenvalue weighted by molar-refractivity contribution is 5.96. The second-order valence-electron chi connectivity index (χ2n) is 5.08. The van der Waals surface area contributed by atoms with Gasteiger partial charge in [0, 0.05) is 12.3 Å². The van der Waals surface area contributed by atoms with Crippen molar-refractivity contribution in [2.45, 2.75) is 19.8 Å². The first kappa shape index (κ1) is 12.5. The molecule has 0 spiro atoms. The van der Waals surface area contributed by atoms with Crippen LogP contribution in [0.4, 0.5) is 11.4 Å². The van der Waals surface area contributed by atoms with Gasteiger partial charge < -0.3 is 15.8 Å². The first-order chi connectivity index (χ1) is 9.54. The number of anilines is 2. The Balaban J connectivity index is 2.04. The molecule has 0 radical (unpaired) electrons. The van der Waals surface area contributed by atoms with Gasteiger partial charge in [0.05, 0.1) is 22.8 Å². The number of benzene rings is 1. The average Bonchev–Trinajstić information content (AvgIpc) is 2.88. The van der Waals surface area contributed by atoms with Gasteiger partial charge in [-0.2, -0.15) is 5.10 Å². The molecule has 0 fully saturated rings. The third kappa shape index (κ3) is 2.09. The number of rotatable bonds is 2. The summed E-state index contributed by atoms with van der Waals surface area (Å²) in [4.78, 5) is 11.4. The molecule has 2 heterocycles. The van der Waals surface area contributed by atoms with Crippen molar-refractivity contribution in [3.05, 3.63) is 30.1 Å². The minimum atomic E-state index is -0.170. The molecule has 0 saturated carbocycles. The number of amides is 1. The Morgan fingerprint density at radius 1 is 1.45 bits per heavy atom. The minimum absolute atomic E-state index is 0.0189. The van der Waals surface area contributed by atoms with Crippen molar-refractivity contribution in [2.75, 3.05) is 17.7 Å². The molecule has 6 nitrogen and oxygen atoms in total. The number of nitrogen functional groups attached to an aromatic ring is 1. The number of fused-ring (bicyclic) bond motifs is 1. The van der Waals surface area contributed by atoms with Crippen LogP contribution >= 0.6 is 0 Å². The Hall–Kier alpha value is -2.50. The number of carbonyl (C=O) groups excluding carboxylic acids is 1. The topological polar surface area (TPSA) is 82.2 Å². The van der Waals surface area contributed by atoms with Crippen LogP contribution in [-0.4, -0.2) is 22.3 Å². The SMILES string of the molecule is CC(C)c1ccn(-c2cc3c(cc2N)OCC(=O)N3)n1. The molecule has 2 aromatic rings. The van der Waals surface area contributed by atoms with E-state index in [0.29, 0.717) is 23.0 Å². The molecule has 1 aromatic carbocycles. The third-order valence-electron chi connectivity index (χ3n) is 3.21. The fraction of sp³-hybridized carbons (Fsp3) is 0.286. The molecule has 6 heteroatoms. The largest absolute Gasteiger partial charge is 0.482 e. The normalized spacial score (nSPS) is 13.8. The van der Waals surface area contributed by atoms with E-state index in [1.54, 1.807) is 16.8 Å². The van der Waals surface area contributed by atoms with Gasteiger partial charge in [-0.05, 0) is 18.1 Å². The van der Waals surface area contributed by atoms with Crippen LogP contribution < -0.4 is 15.8 Å². The zero-order chi connectivity index (χ0) is 14.3. The van der Waals surface area contributed by atoms with Crippen LogP contribution in [0.25, 0.3) is 5.69 Å². The van der Waals surface area contributed by atoms with E-state index in [4.69, 9.17) is 10.5 Å². The first-order valence-electron chi connectivity index (χ1n) is 6.46. The molecule has 104 valence electrons. The Bertz CT molecular complexity index is 676. The molecule has 0 saturated heterocycles. The second-order valence-corrected chi connectivity index (χ2v) is 5.08. The zero-order valence-electron chi connectivity index (χ0n) is 11.4. The standard InChI is InChI=1S/C14H16N4O2/c1-8(2)10-3-4-18(17-10)12-6-11-13(5-9(12)15)20-7-14(19)16-11/h3-6,8H,7,15H2,1-2H3,(H,16,19). The van der Waals surface area contributed by atoms with Crippen LogP contribution in [0.5, 0.6) is 5.75 Å². The lowest BCUT2D eigenvalue weighted by Crippen LogP contribution is -2.25. The highest BCUT2D eigenvalue weighted by atomic mass is 16.5. The lowest BCUT2D eigenvalue weighted by Gasteiger charge is -2.19. The number of carbonyl (C=O) groups is 1. The molecule has 1 aromatic heterocycles. The van der Waals surface area contributed by atoms with Gasteiger partial charge in [-0.25, -0.2) is 4.68 Å². The lowest BCUT2D eigenvalue weighted by molar-refractivity contribution is -0.118. The number of nitrogens with two attached hydrogens (primary N) is 1. The van der Waals surface area contributed by atoms with Crippen molar-refractivity contribution in [3.63, 3.8) is 0 Å². The van der Waals surface area contributed by atoms with Crippen LogP contribution in [0.2, 0.25) is 0 Å². The van der Waals surface area contributed by atoms with E-state index in [2.05, 4.69) is 24.3 Å². The summed E-state index contributed by atoms with van der Waals surface area (Å²) in [5.74, 6) is 0.761. The summed E-state index contributed by atoms with van der Waals surface area (Å²) in [7, 11) is 0. The van der Waals surface area contributed by atoms with Crippen molar-refractivity contribution in [2.24, 2.45) is 0 Å². The Morgan fingerprint density at radius 3 is 2.95 bits per heavy atom. The molecular weight excluding hydrogens is 256 g/mol. The summed E-state index contributed by atoms with van der Waals surface area (Å²) >= 11 is 0. The smallest absolute Gasteiger partial charge is 0.262 e. The Morgan fingerprint density at radius 2 is 2.25 bits per heavy atom. The van der Waals surface area contributed by atoms with Gasteiger partial charge in [0.1, 0.15) is 5.75 Å². The highest BCUT2D eigenvalue weighted by Gasteiger charge is 2.19. The van der Waals surface area contributed by atoms with Crippen LogP contribution in [0.15, 0.2) is 24.4 Å². The van der Waals surface area contributed by atoms with Crippen LogP contribution in [0, 0.1) is 0 Å². The summed E-state index contributed by atoms with van der Waals surface area (Å²) < 4.78 is 7.04. The number of nitrogens with one attached hydrogen (secondary N) is 1. The molecule has 20 heavy (non-hydrogen) atoms. The molecule has 1 amide bonds. The fourth-order valence-electron chi connectivity index (χ4n) is 2.11. The van der Waals surface area contributed by atoms with Gasteiger partial charge in [-0.1, -0.05) is 13.8 Å². The minimum Gasteiger partial charge on any atom is -0.482 e. The molecule has 0 bridgehead atoms. The van der Waals surface area contributed by atoms with Gasteiger partial charge >= 0.3 is 0 Å². The van der Waals surface area contributed by atoms with Crippen LogP contribution in [0.3, 0.4) is 0 Å². The monoisotopic (exact) mass is 272 g/mol. The van der Waals surface area contributed by atoms with Crippen molar-refractivity contribution in [1.82, 2.24) is 9.78 Å². The maximum atomic E-state index is 11.4. The van der Waals surface area contributed by atoms with E-state index in [-0.39, 0.29) is 12.5 Å². The maximum absolute atomic E-state index is 11.4. The summed E-state index contributed by atoms with van der Waals surface area (Å²) in [5, 5.41) is 7.26. The summed E-state index contributed by atoms with van der Waals surface area (Å²) in [6.07, 6.45) is 1.86. The Labute approximate surface area is 116 Å². The van der Waals surface area contributed by atoms with Crippen molar-refractivity contribution in [1.29, 1.82) is 0 Å². The van der Waals surface area contributed by atoms with Crippen LogP contribution in [-0.2, 0) is 4.79 Å². The predicted octanol–water partition coefficient (Wildman–Crippen LogP) is 1.91. The average molecular weight is 272 g/mol. The molecule has 0 unspecified atom stereocenters. The van der Waals surface area contributed by atoms with E-state index < -0.39 is 0 Å². The summed E-state index contributed by atoms with van der Waals surface area (Å²) in [6.45, 7) is 4.18. The van der Waals surface area contributed by atoms with E-state index in [0.717, 1.165) is 11.4 Å². The van der Waals surface area contributed by atoms with E-state index in [1.807, 2.05) is 12.3 Å². The molecule has 1 aliphatic heterocycles. The first-order valence-corrected chi connectivity index (χ1v) is 6.46. The van der Waals surface area contributed by atoms with E-state index in [1.165, 1.54) is 0 Å². The summed E-state index contributed by atoms with van der Waals surface area (Å²) in [5.41, 5.74) is 8.93. The molecule has 0 aliphatic carbocycles. The van der Waals surface area contributed by atoms with E-state index in [9.17, 15) is 4.79 Å². The second kappa shape index (κ2) is 4.56. The molecular formula is C14H16N4O2. The zero-order valence-corrected chi connectivity index (χ0v) is 11.4. The number of hydrogen-bond acceptors (Lipinski definition) is 4. The van der Waals surface area contributed by atoms with Crippen molar-refractivity contribution < 1.29 is 9.53 Å². The molecule has 3 N–H and O–H groups in total. The maximum Gasteiger partial charge on any atom is 0.262 e. The van der Waals surface area contributed by atoms with Crippen molar-refractivity contribution in [3.8, 4) is 11.4 Å². The number of aromatic nitrogens is 2. The molecule has 1 aliphatic rings. The lowest BCUT2D eigenvalue weighted by atomic mass is 10.1. The van der Waals surface area contributed by atoms with E-state index >= 15 is 0 Å². The number of hydrogen-bond donors (Lipinski definition) is 2. The number of nitrogens with zero attached hydrogens (tertiary/aromatic N) is 2. The van der Waals surface area contributed by atoms with Crippen LogP contribution in [0.1, 0.15) is 25.5 Å². The molecule has 3 rings (SSSR count). The van der Waals surface area contributed by atoms with Gasteiger partial charge in [0.2, 0.25) is 0 Å². The summed E-state index contributed by atoms with van der Waals surface area (Å²) in [6, 6.07) is 5.44. The quantitative estimate of drug-likeness (QED) is 0.818. The van der Waals surface area contributed by atoms with Crippen molar-refractivity contribution >= 4 is 17.3 Å². The third-order valence-corrected chi connectivity index (χ3v) is 3.21. The highest BCUT2D eigenvalue weighted by Crippen LogP contribution is 2.34. The van der Waals surface area contributed by atoms with Gasteiger partial charge in [-0.15, -0.1) is 0 Å². The predicted molar refractivity (Wildman–Crippen MR) is 76.2 cm³/mol. The Kier molecular flexibility index (Phi) is 2.85. The van der Waals surface area contributed by atoms with Gasteiger partial charge in [-0.3, -0.25) is 4.79 Å². The van der Waals surface area contributed by atoms with Gasteiger partial charge in [0.25, 0.3) is 5.91 Å². The number of ether oxygens (including phenoxy) is 1. The van der Waals surface area contributed by atoms with Gasteiger partial charge in [0.15, 0.2) is 6.61 Å². The fourth-order valence-corrected chi connectivity index (χ4v) is 2.11. The molecule has 0 atom stereocenters.